The van der Waals surface area contributed by atoms with Crippen molar-refractivity contribution >= 4 is 17.8 Å². The molecule has 8 nitrogen and oxygen atoms in total. The van der Waals surface area contributed by atoms with Gasteiger partial charge in [0.15, 0.2) is 0 Å². The molecule has 0 unspecified atom stereocenters. The van der Waals surface area contributed by atoms with Gasteiger partial charge >= 0.3 is 5.97 Å². The second kappa shape index (κ2) is 10.8. The van der Waals surface area contributed by atoms with E-state index in [-0.39, 0.29) is 24.3 Å². The van der Waals surface area contributed by atoms with E-state index in [1.54, 1.807) is 25.7 Å². The number of carbonyl (C=O) groups excluding carboxylic acids is 3. The number of hydrogen-bond donors (Lipinski definition) is 2. The summed E-state index contributed by atoms with van der Waals surface area (Å²) in [6.45, 7) is 10.4. The van der Waals surface area contributed by atoms with Gasteiger partial charge in [0.2, 0.25) is 5.91 Å². The third-order valence-electron chi connectivity index (χ3n) is 6.39. The Labute approximate surface area is 184 Å². The Hall–Kier alpha value is -2.35. The molecule has 1 aromatic heterocycles. The first kappa shape index (κ1) is 23.3. The lowest BCUT2D eigenvalue weighted by molar-refractivity contribution is -0.126. The molecule has 0 aliphatic carbocycles. The molecule has 0 aromatic carbocycles. The maximum absolute atomic E-state index is 13.2. The molecule has 2 fully saturated rings. The molecule has 172 valence electrons. The Kier molecular flexibility index (Phi) is 8.12. The molecule has 2 amide bonds. The van der Waals surface area contributed by atoms with Crippen molar-refractivity contribution in [1.82, 2.24) is 20.1 Å². The van der Waals surface area contributed by atoms with E-state index in [1.807, 2.05) is 0 Å². The fraction of sp³-hybridized carbons (Fsp3) is 0.696. The van der Waals surface area contributed by atoms with Gasteiger partial charge in [-0.3, -0.25) is 9.59 Å². The topological polar surface area (TPSA) is 94.7 Å². The minimum Gasteiger partial charge on any atom is -0.462 e. The number of piperidine rings is 2. The molecule has 2 N–H and O–H groups in total. The Morgan fingerprint density at radius 2 is 1.84 bits per heavy atom. The monoisotopic (exact) mass is 432 g/mol. The zero-order valence-corrected chi connectivity index (χ0v) is 19.1. The van der Waals surface area contributed by atoms with Gasteiger partial charge < -0.3 is 24.8 Å². The van der Waals surface area contributed by atoms with Crippen molar-refractivity contribution in [3.05, 3.63) is 22.5 Å². The first-order chi connectivity index (χ1) is 14.9. The second-order valence-corrected chi connectivity index (χ2v) is 8.63. The zero-order chi connectivity index (χ0) is 22.4. The maximum atomic E-state index is 13.2. The summed E-state index contributed by atoms with van der Waals surface area (Å²) >= 11 is 0. The van der Waals surface area contributed by atoms with Crippen molar-refractivity contribution in [3.8, 4) is 0 Å². The number of nitrogens with zero attached hydrogens (tertiary/aromatic N) is 2. The number of nitrogens with one attached hydrogen (secondary N) is 2. The molecular formula is C23H36N4O4. The molecular weight excluding hydrogens is 396 g/mol. The largest absolute Gasteiger partial charge is 0.462 e. The van der Waals surface area contributed by atoms with Crippen LogP contribution in [0, 0.1) is 19.8 Å². The Morgan fingerprint density at radius 1 is 1.10 bits per heavy atom. The number of H-pyrrole nitrogens is 1. The van der Waals surface area contributed by atoms with E-state index in [4.69, 9.17) is 4.74 Å². The van der Waals surface area contributed by atoms with Gasteiger partial charge in [-0.05, 0) is 65.1 Å². The SMILES string of the molecule is CCOC(=O)c1c(C)[nH]c(C(=O)N2CCC[C@H](C(=O)NCCN3CCCCC3)C2)c1C. The van der Waals surface area contributed by atoms with Gasteiger partial charge in [0.1, 0.15) is 5.69 Å². The smallest absolute Gasteiger partial charge is 0.340 e. The molecule has 1 aromatic rings. The molecule has 31 heavy (non-hydrogen) atoms. The van der Waals surface area contributed by atoms with E-state index in [0.717, 1.165) is 32.5 Å². The first-order valence-corrected chi connectivity index (χ1v) is 11.6. The van der Waals surface area contributed by atoms with Gasteiger partial charge in [0.05, 0.1) is 18.1 Å². The van der Waals surface area contributed by atoms with Crippen LogP contribution in [-0.4, -0.2) is 78.4 Å². The molecule has 8 heteroatoms. The third kappa shape index (κ3) is 5.67. The number of likely N-dealkylation sites (tertiary alicyclic amines) is 2. The quantitative estimate of drug-likeness (QED) is 0.645. The van der Waals surface area contributed by atoms with Crippen LogP contribution in [0.3, 0.4) is 0 Å². The van der Waals surface area contributed by atoms with E-state index in [9.17, 15) is 14.4 Å². The molecule has 2 saturated heterocycles. The number of carbonyl (C=O) groups is 3. The third-order valence-corrected chi connectivity index (χ3v) is 6.39. The second-order valence-electron chi connectivity index (χ2n) is 8.63. The average molecular weight is 433 g/mol. The highest BCUT2D eigenvalue weighted by atomic mass is 16.5. The summed E-state index contributed by atoms with van der Waals surface area (Å²) in [6, 6.07) is 0. The number of amides is 2. The van der Waals surface area contributed by atoms with Crippen LogP contribution >= 0.6 is 0 Å². The van der Waals surface area contributed by atoms with E-state index in [1.165, 1.54) is 19.3 Å². The standard InChI is InChI=1S/C23H36N4O4/c1-4-31-23(30)19-16(2)20(25-17(19)3)22(29)27-13-8-9-18(15-27)21(28)24-10-14-26-11-6-5-7-12-26/h18,25H,4-15H2,1-3H3,(H,24,28)/t18-/m0/s1. The van der Waals surface area contributed by atoms with Crippen LogP contribution in [0.25, 0.3) is 0 Å². The van der Waals surface area contributed by atoms with E-state index in [2.05, 4.69) is 15.2 Å². The average Bonchev–Trinajstić information content (AvgIpc) is 3.08. The number of esters is 1. The molecule has 2 aliphatic rings. The maximum Gasteiger partial charge on any atom is 0.340 e. The summed E-state index contributed by atoms with van der Waals surface area (Å²) < 4.78 is 5.12. The molecule has 1 atom stereocenters. The minimum absolute atomic E-state index is 0.0288. The summed E-state index contributed by atoms with van der Waals surface area (Å²) in [7, 11) is 0. The van der Waals surface area contributed by atoms with Gasteiger partial charge in [0.25, 0.3) is 5.91 Å². The number of aromatic nitrogens is 1. The van der Waals surface area contributed by atoms with Crippen LogP contribution in [-0.2, 0) is 9.53 Å². The van der Waals surface area contributed by atoms with Crippen LogP contribution in [0.15, 0.2) is 0 Å². The highest BCUT2D eigenvalue weighted by molar-refractivity contribution is 6.00. The summed E-state index contributed by atoms with van der Waals surface area (Å²) in [6.07, 6.45) is 5.36. The van der Waals surface area contributed by atoms with Crippen molar-refractivity contribution in [2.75, 3.05) is 45.9 Å². The highest BCUT2D eigenvalue weighted by Crippen LogP contribution is 2.23. The number of rotatable bonds is 7. The van der Waals surface area contributed by atoms with Crippen LogP contribution in [0.1, 0.15) is 71.1 Å². The predicted octanol–water partition coefficient (Wildman–Crippen LogP) is 2.26. The molecule has 0 spiro atoms. The molecule has 3 rings (SSSR count). The summed E-state index contributed by atoms with van der Waals surface area (Å²) in [4.78, 5) is 45.3. The molecule has 0 bridgehead atoms. The van der Waals surface area contributed by atoms with Crippen molar-refractivity contribution < 1.29 is 19.1 Å². The first-order valence-electron chi connectivity index (χ1n) is 11.6. The number of ether oxygens (including phenoxy) is 1. The Bertz CT molecular complexity index is 798. The zero-order valence-electron chi connectivity index (χ0n) is 19.1. The van der Waals surface area contributed by atoms with E-state index in [0.29, 0.717) is 42.1 Å². The Morgan fingerprint density at radius 3 is 2.55 bits per heavy atom. The highest BCUT2D eigenvalue weighted by Gasteiger charge is 2.31. The molecule has 2 aliphatic heterocycles. The van der Waals surface area contributed by atoms with E-state index < -0.39 is 5.97 Å². The normalized spacial score (nSPS) is 19.8. The van der Waals surface area contributed by atoms with Crippen molar-refractivity contribution in [1.29, 1.82) is 0 Å². The molecule has 0 radical (unpaired) electrons. The van der Waals surface area contributed by atoms with Crippen LogP contribution < -0.4 is 5.32 Å². The van der Waals surface area contributed by atoms with Gasteiger partial charge in [0, 0.05) is 31.9 Å². The van der Waals surface area contributed by atoms with Gasteiger partial charge in [-0.15, -0.1) is 0 Å². The predicted molar refractivity (Wildman–Crippen MR) is 118 cm³/mol. The van der Waals surface area contributed by atoms with Gasteiger partial charge in [-0.25, -0.2) is 4.79 Å². The lowest BCUT2D eigenvalue weighted by Gasteiger charge is -2.32. The summed E-state index contributed by atoms with van der Waals surface area (Å²) in [5.74, 6) is -0.750. The lowest BCUT2D eigenvalue weighted by atomic mass is 9.96. The van der Waals surface area contributed by atoms with Gasteiger partial charge in [-0.1, -0.05) is 6.42 Å². The number of aryl methyl sites for hydroxylation is 1. The number of hydrogen-bond acceptors (Lipinski definition) is 5. The summed E-state index contributed by atoms with van der Waals surface area (Å²) in [5.41, 5.74) is 2.07. The van der Waals surface area contributed by atoms with Crippen molar-refractivity contribution in [3.63, 3.8) is 0 Å². The minimum atomic E-state index is -0.419. The van der Waals surface area contributed by atoms with Crippen molar-refractivity contribution in [2.45, 2.75) is 52.9 Å². The van der Waals surface area contributed by atoms with Crippen molar-refractivity contribution in [2.24, 2.45) is 5.92 Å². The van der Waals surface area contributed by atoms with E-state index >= 15 is 0 Å². The van der Waals surface area contributed by atoms with Crippen LogP contribution in [0.4, 0.5) is 0 Å². The summed E-state index contributed by atoms with van der Waals surface area (Å²) in [5, 5.41) is 3.06. The molecule has 3 heterocycles. The number of aromatic amines is 1. The van der Waals surface area contributed by atoms with Gasteiger partial charge in [-0.2, -0.15) is 0 Å². The lowest BCUT2D eigenvalue weighted by Crippen LogP contribution is -2.47. The molecule has 0 saturated carbocycles. The fourth-order valence-electron chi connectivity index (χ4n) is 4.67. The van der Waals surface area contributed by atoms with Crippen LogP contribution in [0.2, 0.25) is 0 Å². The fourth-order valence-corrected chi connectivity index (χ4v) is 4.67. The Balaban J connectivity index is 1.57. The van der Waals surface area contributed by atoms with Crippen LogP contribution in [0.5, 0.6) is 0 Å².